The normalized spacial score (nSPS) is 10.6. The van der Waals surface area contributed by atoms with Gasteiger partial charge in [-0.2, -0.15) is 8.78 Å². The maximum Gasteiger partial charge on any atom is 0.387 e. The van der Waals surface area contributed by atoms with Crippen molar-refractivity contribution in [3.63, 3.8) is 0 Å². The average molecular weight is 312 g/mol. The van der Waals surface area contributed by atoms with Crippen molar-refractivity contribution in [2.24, 2.45) is 0 Å². The van der Waals surface area contributed by atoms with Crippen molar-refractivity contribution >= 4 is 17.7 Å². The Labute approximate surface area is 123 Å². The van der Waals surface area contributed by atoms with Crippen molar-refractivity contribution in [3.05, 3.63) is 36.5 Å². The number of carboxylic acid groups (broad SMARTS) is 1. The first-order valence-electron chi connectivity index (χ1n) is 5.77. The van der Waals surface area contributed by atoms with E-state index in [1.165, 1.54) is 18.3 Å². The van der Waals surface area contributed by atoms with Crippen molar-refractivity contribution in [1.82, 2.24) is 9.97 Å². The lowest BCUT2D eigenvalue weighted by atomic mass is 10.1. The van der Waals surface area contributed by atoms with Gasteiger partial charge in [0.2, 0.25) is 0 Å². The van der Waals surface area contributed by atoms with E-state index in [-0.39, 0.29) is 11.5 Å². The molecule has 0 amide bonds. The van der Waals surface area contributed by atoms with Crippen molar-refractivity contribution in [1.29, 1.82) is 0 Å². The number of carboxylic acids is 1. The SMILES string of the molecule is O=C(O)CSc1nccc(-c2ccc(OC(F)F)cc2)n1. The Morgan fingerprint density at radius 3 is 2.62 bits per heavy atom. The lowest BCUT2D eigenvalue weighted by Gasteiger charge is -2.06. The molecule has 0 aliphatic rings. The van der Waals surface area contributed by atoms with E-state index in [1.54, 1.807) is 18.2 Å². The molecule has 0 radical (unpaired) electrons. The fraction of sp³-hybridized carbons (Fsp3) is 0.154. The summed E-state index contributed by atoms with van der Waals surface area (Å²) in [4.78, 5) is 18.7. The molecule has 110 valence electrons. The number of alkyl halides is 2. The minimum atomic E-state index is -2.87. The summed E-state index contributed by atoms with van der Waals surface area (Å²) in [7, 11) is 0. The van der Waals surface area contributed by atoms with Gasteiger partial charge in [0.05, 0.1) is 11.4 Å². The molecule has 1 heterocycles. The number of benzene rings is 1. The van der Waals surface area contributed by atoms with E-state index in [2.05, 4.69) is 14.7 Å². The Morgan fingerprint density at radius 2 is 2.00 bits per heavy atom. The van der Waals surface area contributed by atoms with Gasteiger partial charge in [0.25, 0.3) is 0 Å². The topological polar surface area (TPSA) is 72.3 Å². The number of rotatable bonds is 6. The number of nitrogens with zero attached hydrogens (tertiary/aromatic N) is 2. The number of hydrogen-bond donors (Lipinski definition) is 1. The molecular weight excluding hydrogens is 302 g/mol. The van der Waals surface area contributed by atoms with E-state index in [4.69, 9.17) is 5.11 Å². The molecule has 8 heteroatoms. The molecule has 0 aliphatic carbocycles. The van der Waals surface area contributed by atoms with Gasteiger partial charge in [-0.1, -0.05) is 11.8 Å². The summed E-state index contributed by atoms with van der Waals surface area (Å²) in [6.07, 6.45) is 1.51. The molecule has 21 heavy (non-hydrogen) atoms. The van der Waals surface area contributed by atoms with Crippen LogP contribution in [0.4, 0.5) is 8.78 Å². The van der Waals surface area contributed by atoms with Crippen LogP contribution in [0.25, 0.3) is 11.3 Å². The van der Waals surface area contributed by atoms with Crippen molar-refractivity contribution in [2.45, 2.75) is 11.8 Å². The van der Waals surface area contributed by atoms with Crippen LogP contribution in [-0.4, -0.2) is 33.4 Å². The zero-order valence-corrected chi connectivity index (χ0v) is 11.4. The number of thioether (sulfide) groups is 1. The zero-order chi connectivity index (χ0) is 15.2. The van der Waals surface area contributed by atoms with Gasteiger partial charge in [-0.3, -0.25) is 4.79 Å². The lowest BCUT2D eigenvalue weighted by Crippen LogP contribution is -2.01. The van der Waals surface area contributed by atoms with Crippen molar-refractivity contribution < 1.29 is 23.4 Å². The summed E-state index contributed by atoms with van der Waals surface area (Å²) in [6, 6.07) is 7.65. The van der Waals surface area contributed by atoms with Crippen LogP contribution in [0, 0.1) is 0 Å². The van der Waals surface area contributed by atoms with Gasteiger partial charge < -0.3 is 9.84 Å². The molecular formula is C13H10F2N2O3S. The molecule has 2 aromatic rings. The maximum atomic E-state index is 12.1. The van der Waals surface area contributed by atoms with Crippen LogP contribution < -0.4 is 4.74 Å². The highest BCUT2D eigenvalue weighted by atomic mass is 32.2. The third-order valence-electron chi connectivity index (χ3n) is 2.33. The smallest absolute Gasteiger partial charge is 0.387 e. The van der Waals surface area contributed by atoms with Crippen LogP contribution in [0.3, 0.4) is 0 Å². The predicted octanol–water partition coefficient (Wildman–Crippen LogP) is 2.92. The molecule has 1 aromatic heterocycles. The van der Waals surface area contributed by atoms with Gasteiger partial charge in [-0.05, 0) is 30.3 Å². The van der Waals surface area contributed by atoms with E-state index < -0.39 is 12.6 Å². The fourth-order valence-electron chi connectivity index (χ4n) is 1.50. The summed E-state index contributed by atoms with van der Waals surface area (Å²) in [5, 5.41) is 8.95. The first-order valence-corrected chi connectivity index (χ1v) is 6.76. The number of aliphatic carboxylic acids is 1. The largest absolute Gasteiger partial charge is 0.481 e. The number of halogens is 2. The van der Waals surface area contributed by atoms with E-state index in [1.807, 2.05) is 0 Å². The second-order valence-corrected chi connectivity index (χ2v) is 4.75. The molecule has 0 unspecified atom stereocenters. The third-order valence-corrected chi connectivity index (χ3v) is 3.18. The lowest BCUT2D eigenvalue weighted by molar-refractivity contribution is -0.133. The highest BCUT2D eigenvalue weighted by Crippen LogP contribution is 2.23. The molecule has 0 spiro atoms. The van der Waals surface area contributed by atoms with Gasteiger partial charge in [-0.25, -0.2) is 9.97 Å². The Morgan fingerprint density at radius 1 is 1.29 bits per heavy atom. The van der Waals surface area contributed by atoms with E-state index in [0.717, 1.165) is 11.8 Å². The summed E-state index contributed by atoms with van der Waals surface area (Å²) in [5.74, 6) is -1.03. The highest BCUT2D eigenvalue weighted by Gasteiger charge is 2.07. The molecule has 0 fully saturated rings. The Hall–Kier alpha value is -2.22. The average Bonchev–Trinajstić information content (AvgIpc) is 2.45. The number of aromatic nitrogens is 2. The first-order chi connectivity index (χ1) is 10.0. The number of ether oxygens (including phenoxy) is 1. The van der Waals surface area contributed by atoms with Crippen LogP contribution in [0.5, 0.6) is 5.75 Å². The van der Waals surface area contributed by atoms with E-state index >= 15 is 0 Å². The maximum absolute atomic E-state index is 12.1. The molecule has 5 nitrogen and oxygen atoms in total. The molecule has 0 atom stereocenters. The van der Waals surface area contributed by atoms with E-state index in [0.29, 0.717) is 16.4 Å². The Bertz CT molecular complexity index is 623. The van der Waals surface area contributed by atoms with Crippen LogP contribution in [0.15, 0.2) is 41.7 Å². The first kappa shape index (κ1) is 15.2. The molecule has 1 aromatic carbocycles. The van der Waals surface area contributed by atoms with Crippen LogP contribution in [0.1, 0.15) is 0 Å². The molecule has 0 saturated carbocycles. The standard InChI is InChI=1S/C13H10F2N2O3S/c14-12(15)20-9-3-1-8(2-4-9)10-5-6-16-13(17-10)21-7-11(18)19/h1-6,12H,7H2,(H,18,19). The van der Waals surface area contributed by atoms with Gasteiger partial charge in [0, 0.05) is 11.8 Å². The van der Waals surface area contributed by atoms with Gasteiger partial charge in [-0.15, -0.1) is 0 Å². The molecule has 0 bridgehead atoms. The second kappa shape index (κ2) is 6.98. The van der Waals surface area contributed by atoms with Crippen LogP contribution in [0.2, 0.25) is 0 Å². The minimum absolute atomic E-state index is 0.0586. The van der Waals surface area contributed by atoms with Crippen LogP contribution in [-0.2, 0) is 4.79 Å². The fourth-order valence-corrected chi connectivity index (χ4v) is 2.06. The second-order valence-electron chi connectivity index (χ2n) is 3.81. The number of hydrogen-bond acceptors (Lipinski definition) is 5. The summed E-state index contributed by atoms with van der Waals surface area (Å²) >= 11 is 1.00. The predicted molar refractivity (Wildman–Crippen MR) is 72.5 cm³/mol. The summed E-state index contributed by atoms with van der Waals surface area (Å²) in [6.45, 7) is -2.87. The van der Waals surface area contributed by atoms with Gasteiger partial charge in [0.15, 0.2) is 5.16 Å². The Kier molecular flexibility index (Phi) is 5.04. The molecule has 1 N–H and O–H groups in total. The third kappa shape index (κ3) is 4.67. The number of carbonyl (C=O) groups is 1. The van der Waals surface area contributed by atoms with Crippen molar-refractivity contribution in [2.75, 3.05) is 5.75 Å². The molecule has 0 aliphatic heterocycles. The monoisotopic (exact) mass is 312 g/mol. The molecule has 0 saturated heterocycles. The minimum Gasteiger partial charge on any atom is -0.481 e. The van der Waals surface area contributed by atoms with Crippen LogP contribution >= 0.6 is 11.8 Å². The molecule has 2 rings (SSSR count). The summed E-state index contributed by atoms with van der Waals surface area (Å²) in [5.41, 5.74) is 1.26. The van der Waals surface area contributed by atoms with Crippen molar-refractivity contribution in [3.8, 4) is 17.0 Å². The van der Waals surface area contributed by atoms with Gasteiger partial charge >= 0.3 is 12.6 Å². The summed E-state index contributed by atoms with van der Waals surface area (Å²) < 4.78 is 28.4. The van der Waals surface area contributed by atoms with E-state index in [9.17, 15) is 13.6 Å². The zero-order valence-electron chi connectivity index (χ0n) is 10.6. The van der Waals surface area contributed by atoms with Gasteiger partial charge in [0.1, 0.15) is 5.75 Å². The highest BCUT2D eigenvalue weighted by molar-refractivity contribution is 7.99. The quantitative estimate of drug-likeness (QED) is 0.653. The Balaban J connectivity index is 2.14.